The molecule has 1 saturated carbocycles. The Hall–Kier alpha value is -3.24. The fraction of sp³-hybridized carbons (Fsp3) is 0.355. The van der Waals surface area contributed by atoms with Gasteiger partial charge in [-0.25, -0.2) is 12.8 Å². The number of aryl methyl sites for hydroxylation is 1. The zero-order chi connectivity index (χ0) is 29.6. The van der Waals surface area contributed by atoms with Gasteiger partial charge in [-0.3, -0.25) is 13.9 Å². The van der Waals surface area contributed by atoms with Gasteiger partial charge in [-0.05, 0) is 74.2 Å². The number of hydrogen-bond donors (Lipinski definition) is 1. The van der Waals surface area contributed by atoms with Gasteiger partial charge in [-0.15, -0.1) is 0 Å². The molecule has 0 aliphatic heterocycles. The first kappa shape index (κ1) is 30.7. The Labute approximate surface area is 249 Å². The molecule has 1 unspecified atom stereocenters. The normalized spacial score (nSPS) is 14.4. The van der Waals surface area contributed by atoms with Gasteiger partial charge in [0.1, 0.15) is 18.4 Å². The number of nitrogens with zero attached hydrogens (tertiary/aromatic N) is 2. The molecule has 3 aromatic rings. The maximum absolute atomic E-state index is 14.1. The van der Waals surface area contributed by atoms with Crippen molar-refractivity contribution in [3.63, 3.8) is 0 Å². The third-order valence-electron chi connectivity index (χ3n) is 7.34. The minimum atomic E-state index is -4.15. The molecule has 1 N–H and O–H groups in total. The molecule has 2 amide bonds. The first-order valence-electron chi connectivity index (χ1n) is 13.8. The molecule has 1 fully saturated rings. The highest BCUT2D eigenvalue weighted by atomic mass is 79.9. The van der Waals surface area contributed by atoms with Crippen molar-refractivity contribution in [2.75, 3.05) is 10.8 Å². The third-order valence-corrected chi connectivity index (χ3v) is 9.62. The molecule has 1 atom stereocenters. The average molecular weight is 645 g/mol. The number of hydrogen-bond acceptors (Lipinski definition) is 4. The summed E-state index contributed by atoms with van der Waals surface area (Å²) in [4.78, 5) is 29.0. The number of anilines is 1. The highest BCUT2D eigenvalue weighted by molar-refractivity contribution is 9.10. The van der Waals surface area contributed by atoms with E-state index in [-0.39, 0.29) is 23.4 Å². The highest BCUT2D eigenvalue weighted by Crippen LogP contribution is 2.27. The summed E-state index contributed by atoms with van der Waals surface area (Å²) < 4.78 is 43.2. The van der Waals surface area contributed by atoms with Crippen LogP contribution < -0.4 is 9.62 Å². The maximum Gasteiger partial charge on any atom is 0.264 e. The van der Waals surface area contributed by atoms with Gasteiger partial charge in [-0.2, -0.15) is 0 Å². The van der Waals surface area contributed by atoms with Crippen molar-refractivity contribution in [1.29, 1.82) is 0 Å². The quantitative estimate of drug-likeness (QED) is 0.279. The molecule has 10 heteroatoms. The molecule has 0 heterocycles. The highest BCUT2D eigenvalue weighted by Gasteiger charge is 2.34. The van der Waals surface area contributed by atoms with Crippen LogP contribution in [0, 0.1) is 12.7 Å². The second kappa shape index (κ2) is 13.6. The van der Waals surface area contributed by atoms with E-state index in [4.69, 9.17) is 0 Å². The number of carbonyl (C=O) groups excluding carboxylic acids is 2. The van der Waals surface area contributed by atoms with Crippen molar-refractivity contribution >= 4 is 43.5 Å². The van der Waals surface area contributed by atoms with Crippen LogP contribution in [-0.4, -0.2) is 43.8 Å². The second-order valence-corrected chi connectivity index (χ2v) is 13.1. The van der Waals surface area contributed by atoms with Crippen LogP contribution in [0.3, 0.4) is 0 Å². The van der Waals surface area contributed by atoms with Crippen LogP contribution in [0.5, 0.6) is 0 Å². The van der Waals surface area contributed by atoms with E-state index >= 15 is 0 Å². The van der Waals surface area contributed by atoms with Gasteiger partial charge in [-0.1, -0.05) is 71.6 Å². The Morgan fingerprint density at radius 1 is 1.02 bits per heavy atom. The SMILES string of the molecule is CCC(C(=O)NC1CCCC1)N(Cc1ccc(F)cc1)C(=O)CN(c1cccc(Br)c1)S(=O)(=O)c1ccc(C)cc1. The fourth-order valence-corrected chi connectivity index (χ4v) is 6.86. The number of nitrogens with one attached hydrogen (secondary N) is 1. The number of rotatable bonds is 11. The first-order valence-corrected chi connectivity index (χ1v) is 16.0. The second-order valence-electron chi connectivity index (χ2n) is 10.4. The predicted molar refractivity (Wildman–Crippen MR) is 161 cm³/mol. The Kier molecular flexibility index (Phi) is 10.2. The van der Waals surface area contributed by atoms with E-state index in [9.17, 15) is 22.4 Å². The lowest BCUT2D eigenvalue weighted by Crippen LogP contribution is -2.53. The van der Waals surface area contributed by atoms with Crippen LogP contribution in [0.15, 0.2) is 82.2 Å². The molecule has 0 spiro atoms. The fourth-order valence-electron chi connectivity index (χ4n) is 5.07. The van der Waals surface area contributed by atoms with E-state index in [2.05, 4.69) is 21.2 Å². The van der Waals surface area contributed by atoms with Gasteiger partial charge in [0.15, 0.2) is 0 Å². The van der Waals surface area contributed by atoms with Gasteiger partial charge in [0.2, 0.25) is 11.8 Å². The lowest BCUT2D eigenvalue weighted by atomic mass is 10.1. The maximum atomic E-state index is 14.1. The zero-order valence-electron chi connectivity index (χ0n) is 23.2. The van der Waals surface area contributed by atoms with Crippen LogP contribution >= 0.6 is 15.9 Å². The molecule has 0 saturated heterocycles. The van der Waals surface area contributed by atoms with Gasteiger partial charge in [0.05, 0.1) is 10.6 Å². The van der Waals surface area contributed by atoms with E-state index in [0.29, 0.717) is 22.1 Å². The molecule has 1 aliphatic rings. The van der Waals surface area contributed by atoms with E-state index in [1.54, 1.807) is 48.5 Å². The lowest BCUT2D eigenvalue weighted by molar-refractivity contribution is -0.140. The molecule has 41 heavy (non-hydrogen) atoms. The van der Waals surface area contributed by atoms with Gasteiger partial charge in [0, 0.05) is 17.1 Å². The summed E-state index contributed by atoms with van der Waals surface area (Å²) in [7, 11) is -4.15. The van der Waals surface area contributed by atoms with Gasteiger partial charge < -0.3 is 10.2 Å². The average Bonchev–Trinajstić information content (AvgIpc) is 3.45. The lowest BCUT2D eigenvalue weighted by Gasteiger charge is -2.33. The van der Waals surface area contributed by atoms with Crippen molar-refractivity contribution in [2.45, 2.75) is 69.5 Å². The zero-order valence-corrected chi connectivity index (χ0v) is 25.6. The Bertz CT molecular complexity index is 1460. The first-order chi connectivity index (χ1) is 19.6. The number of halogens is 2. The Balaban J connectivity index is 1.71. The van der Waals surface area contributed by atoms with Gasteiger partial charge >= 0.3 is 0 Å². The van der Waals surface area contributed by atoms with Crippen molar-refractivity contribution in [3.8, 4) is 0 Å². The number of carbonyl (C=O) groups is 2. The summed E-state index contributed by atoms with van der Waals surface area (Å²) in [6.07, 6.45) is 4.18. The van der Waals surface area contributed by atoms with Crippen LogP contribution in [0.25, 0.3) is 0 Å². The van der Waals surface area contributed by atoms with Crippen LogP contribution in [0.4, 0.5) is 10.1 Å². The van der Waals surface area contributed by atoms with E-state index in [1.165, 1.54) is 29.2 Å². The van der Waals surface area contributed by atoms with Crippen LogP contribution in [0.1, 0.15) is 50.2 Å². The Morgan fingerprint density at radius 2 is 1.68 bits per heavy atom. The third kappa shape index (κ3) is 7.74. The topological polar surface area (TPSA) is 86.8 Å². The van der Waals surface area contributed by atoms with Crippen molar-refractivity contribution in [3.05, 3.63) is 94.2 Å². The molecule has 4 rings (SSSR count). The van der Waals surface area contributed by atoms with E-state index in [1.807, 2.05) is 13.8 Å². The molecular formula is C31H35BrFN3O4S. The summed E-state index contributed by atoms with van der Waals surface area (Å²) in [5, 5.41) is 3.08. The summed E-state index contributed by atoms with van der Waals surface area (Å²) >= 11 is 3.40. The largest absolute Gasteiger partial charge is 0.352 e. The van der Waals surface area contributed by atoms with Crippen molar-refractivity contribution in [2.24, 2.45) is 0 Å². The van der Waals surface area contributed by atoms with Gasteiger partial charge in [0.25, 0.3) is 10.0 Å². The summed E-state index contributed by atoms with van der Waals surface area (Å²) in [6.45, 7) is 3.17. The predicted octanol–water partition coefficient (Wildman–Crippen LogP) is 5.96. The molecule has 1 aliphatic carbocycles. The smallest absolute Gasteiger partial charge is 0.264 e. The molecule has 0 radical (unpaired) electrons. The molecule has 0 bridgehead atoms. The molecule has 3 aromatic carbocycles. The number of benzene rings is 3. The minimum Gasteiger partial charge on any atom is -0.352 e. The standard InChI is InChI=1S/C31H35BrFN3O4S/c1-3-29(31(38)34-26-8-4-5-9-26)35(20-23-13-15-25(33)16-14-23)30(37)21-36(27-10-6-7-24(32)19-27)41(39,40)28-17-11-22(2)12-18-28/h6-7,10-19,26,29H,3-5,8-9,20-21H2,1-2H3,(H,34,38). The number of amides is 2. The molecular weight excluding hydrogens is 609 g/mol. The molecule has 7 nitrogen and oxygen atoms in total. The summed E-state index contributed by atoms with van der Waals surface area (Å²) in [5.41, 5.74) is 1.83. The van der Waals surface area contributed by atoms with Crippen LogP contribution in [-0.2, 0) is 26.2 Å². The summed E-state index contributed by atoms with van der Waals surface area (Å²) in [5.74, 6) is -1.23. The van der Waals surface area contributed by atoms with E-state index < -0.39 is 34.3 Å². The Morgan fingerprint density at radius 3 is 2.29 bits per heavy atom. The molecule has 0 aromatic heterocycles. The van der Waals surface area contributed by atoms with Crippen LogP contribution in [0.2, 0.25) is 0 Å². The van der Waals surface area contributed by atoms with Crippen molar-refractivity contribution in [1.82, 2.24) is 10.2 Å². The minimum absolute atomic E-state index is 0.0204. The monoisotopic (exact) mass is 643 g/mol. The van der Waals surface area contributed by atoms with E-state index in [0.717, 1.165) is 35.6 Å². The molecule has 218 valence electrons. The van der Waals surface area contributed by atoms with Crippen molar-refractivity contribution < 1.29 is 22.4 Å². The number of sulfonamides is 1. The summed E-state index contributed by atoms with van der Waals surface area (Å²) in [6, 6.07) is 18.1.